The number of rotatable bonds is 8. The van der Waals surface area contributed by atoms with Gasteiger partial charge in [0.15, 0.2) is 0 Å². The Hall–Kier alpha value is -1.69. The van der Waals surface area contributed by atoms with Crippen molar-refractivity contribution in [3.8, 4) is 5.75 Å². The highest BCUT2D eigenvalue weighted by Gasteiger charge is 2.43. The molecule has 0 atom stereocenters. The molecule has 1 fully saturated rings. The molecule has 0 aliphatic heterocycles. The highest BCUT2D eigenvalue weighted by atomic mass is 19.3. The summed E-state index contributed by atoms with van der Waals surface area (Å²) in [4.78, 5) is 12.0. The Balaban J connectivity index is 1.98. The van der Waals surface area contributed by atoms with Crippen LogP contribution in [0.5, 0.6) is 5.75 Å². The van der Waals surface area contributed by atoms with Gasteiger partial charge in [-0.05, 0) is 36.8 Å². The zero-order chi connectivity index (χ0) is 17.6. The van der Waals surface area contributed by atoms with Crippen LogP contribution in [-0.2, 0) is 15.5 Å². The Labute approximate surface area is 141 Å². The van der Waals surface area contributed by atoms with Crippen molar-refractivity contribution in [3.05, 3.63) is 29.8 Å². The topological polar surface area (TPSA) is 47.6 Å². The third kappa shape index (κ3) is 4.04. The second kappa shape index (κ2) is 7.92. The molecule has 1 aromatic rings. The van der Waals surface area contributed by atoms with E-state index in [0.717, 1.165) is 25.7 Å². The van der Waals surface area contributed by atoms with Gasteiger partial charge in [-0.25, -0.2) is 0 Å². The number of methoxy groups -OCH3 is 2. The second-order valence-electron chi connectivity index (χ2n) is 6.42. The lowest BCUT2D eigenvalue weighted by Gasteiger charge is -2.28. The molecule has 0 heterocycles. The molecule has 1 N–H and O–H groups in total. The molecule has 2 rings (SSSR count). The predicted octanol–water partition coefficient (Wildman–Crippen LogP) is 3.50. The largest absolute Gasteiger partial charge is 0.496 e. The Morgan fingerprint density at radius 3 is 2.54 bits per heavy atom. The molecule has 0 bridgehead atoms. The third-order valence-electron chi connectivity index (χ3n) is 4.79. The Bertz CT molecular complexity index is 557. The summed E-state index contributed by atoms with van der Waals surface area (Å²) in [6, 6.07) is 5.68. The van der Waals surface area contributed by atoms with Crippen molar-refractivity contribution >= 4 is 5.91 Å². The van der Waals surface area contributed by atoms with Crippen LogP contribution >= 0.6 is 0 Å². The van der Waals surface area contributed by atoms with Gasteiger partial charge in [0.05, 0.1) is 19.3 Å². The van der Waals surface area contributed by atoms with Gasteiger partial charge in [-0.15, -0.1) is 0 Å². The Kier molecular flexibility index (Phi) is 6.15. The number of alkyl halides is 2. The number of carbonyl (C=O) groups is 1. The molecule has 0 aromatic heterocycles. The molecule has 1 aromatic carbocycles. The summed E-state index contributed by atoms with van der Waals surface area (Å²) in [5, 5.41) is 2.38. The summed E-state index contributed by atoms with van der Waals surface area (Å²) in [6.45, 7) is 0.818. The molecular formula is C18H25F2NO3. The number of para-hydroxylation sites is 1. The SMILES string of the molecule is COCC1(CCNC(=O)C(F)(F)c2ccccc2OC)CCCC1. The van der Waals surface area contributed by atoms with Crippen LogP contribution in [-0.4, -0.2) is 33.3 Å². The van der Waals surface area contributed by atoms with E-state index in [0.29, 0.717) is 13.0 Å². The van der Waals surface area contributed by atoms with E-state index in [1.807, 2.05) is 0 Å². The Morgan fingerprint density at radius 1 is 1.25 bits per heavy atom. The first kappa shape index (κ1) is 18.6. The molecule has 0 radical (unpaired) electrons. The highest BCUT2D eigenvalue weighted by molar-refractivity contribution is 5.85. The van der Waals surface area contributed by atoms with Crippen LogP contribution in [0.2, 0.25) is 0 Å². The molecule has 134 valence electrons. The lowest BCUT2D eigenvalue weighted by molar-refractivity contribution is -0.147. The number of benzene rings is 1. The van der Waals surface area contributed by atoms with Gasteiger partial charge in [-0.1, -0.05) is 25.0 Å². The number of hydrogen-bond acceptors (Lipinski definition) is 3. The molecular weight excluding hydrogens is 316 g/mol. The van der Waals surface area contributed by atoms with Crippen LogP contribution < -0.4 is 10.1 Å². The summed E-state index contributed by atoms with van der Waals surface area (Å²) in [7, 11) is 2.95. The second-order valence-corrected chi connectivity index (χ2v) is 6.42. The minimum Gasteiger partial charge on any atom is -0.496 e. The van der Waals surface area contributed by atoms with Gasteiger partial charge < -0.3 is 14.8 Å². The lowest BCUT2D eigenvalue weighted by atomic mass is 9.83. The van der Waals surface area contributed by atoms with Crippen molar-refractivity contribution in [2.24, 2.45) is 5.41 Å². The number of carbonyl (C=O) groups excluding carboxylic acids is 1. The maximum Gasteiger partial charge on any atom is 0.353 e. The summed E-state index contributed by atoms with van der Waals surface area (Å²) in [6.07, 6.45) is 4.91. The average molecular weight is 341 g/mol. The van der Waals surface area contributed by atoms with Crippen molar-refractivity contribution < 1.29 is 23.0 Å². The van der Waals surface area contributed by atoms with E-state index >= 15 is 0 Å². The van der Waals surface area contributed by atoms with Gasteiger partial charge in [0.25, 0.3) is 5.91 Å². The standard InChI is InChI=1S/C18H25F2NO3/c1-23-13-17(9-5-6-10-17)11-12-21-16(22)18(19,20)14-7-3-4-8-15(14)24-2/h3-4,7-8H,5-6,9-13H2,1-2H3,(H,21,22). The number of amides is 1. The van der Waals surface area contributed by atoms with E-state index in [-0.39, 0.29) is 17.7 Å². The quantitative estimate of drug-likeness (QED) is 0.787. The van der Waals surface area contributed by atoms with Crippen LogP contribution in [0.1, 0.15) is 37.7 Å². The van der Waals surface area contributed by atoms with Gasteiger partial charge in [0.1, 0.15) is 5.75 Å². The number of halogens is 2. The monoisotopic (exact) mass is 341 g/mol. The average Bonchev–Trinajstić information content (AvgIpc) is 3.03. The summed E-state index contributed by atoms with van der Waals surface area (Å²) in [5.41, 5.74) is -0.417. The van der Waals surface area contributed by atoms with Crippen molar-refractivity contribution in [2.45, 2.75) is 38.0 Å². The van der Waals surface area contributed by atoms with Crippen molar-refractivity contribution in [1.82, 2.24) is 5.32 Å². The van der Waals surface area contributed by atoms with Gasteiger partial charge in [-0.3, -0.25) is 4.79 Å². The van der Waals surface area contributed by atoms with Crippen LogP contribution in [0.15, 0.2) is 24.3 Å². The highest BCUT2D eigenvalue weighted by Crippen LogP contribution is 2.41. The first-order chi connectivity index (χ1) is 11.4. The van der Waals surface area contributed by atoms with Crippen LogP contribution in [0.4, 0.5) is 8.78 Å². The first-order valence-electron chi connectivity index (χ1n) is 8.24. The van der Waals surface area contributed by atoms with Crippen molar-refractivity contribution in [1.29, 1.82) is 0 Å². The van der Waals surface area contributed by atoms with Crippen LogP contribution in [0.25, 0.3) is 0 Å². The maximum absolute atomic E-state index is 14.4. The van der Waals surface area contributed by atoms with Gasteiger partial charge in [-0.2, -0.15) is 8.78 Å². The molecule has 1 aliphatic rings. The van der Waals surface area contributed by atoms with E-state index in [2.05, 4.69) is 5.32 Å². The minimum atomic E-state index is -3.63. The van der Waals surface area contributed by atoms with E-state index < -0.39 is 17.4 Å². The van der Waals surface area contributed by atoms with Gasteiger partial charge >= 0.3 is 5.92 Å². The summed E-state index contributed by atoms with van der Waals surface area (Å²) < 4.78 is 39.1. The molecule has 1 amide bonds. The normalized spacial score (nSPS) is 16.8. The molecule has 4 nitrogen and oxygen atoms in total. The minimum absolute atomic E-state index is 0.00174. The molecule has 1 aliphatic carbocycles. The zero-order valence-corrected chi connectivity index (χ0v) is 14.2. The van der Waals surface area contributed by atoms with E-state index in [4.69, 9.17) is 9.47 Å². The van der Waals surface area contributed by atoms with Crippen molar-refractivity contribution in [3.63, 3.8) is 0 Å². The van der Waals surface area contributed by atoms with E-state index in [9.17, 15) is 13.6 Å². The van der Waals surface area contributed by atoms with Gasteiger partial charge in [0.2, 0.25) is 0 Å². The molecule has 0 saturated heterocycles. The summed E-state index contributed by atoms with van der Waals surface area (Å²) in [5.74, 6) is -4.92. The fourth-order valence-corrected chi connectivity index (χ4v) is 3.48. The molecule has 0 spiro atoms. The van der Waals surface area contributed by atoms with Crippen LogP contribution in [0.3, 0.4) is 0 Å². The number of ether oxygens (including phenoxy) is 2. The van der Waals surface area contributed by atoms with E-state index in [1.165, 1.54) is 25.3 Å². The lowest BCUT2D eigenvalue weighted by Crippen LogP contribution is -2.40. The first-order valence-corrected chi connectivity index (χ1v) is 8.24. The van der Waals surface area contributed by atoms with Crippen molar-refractivity contribution in [2.75, 3.05) is 27.4 Å². The zero-order valence-electron chi connectivity index (χ0n) is 14.2. The fraction of sp³-hybridized carbons (Fsp3) is 0.611. The van der Waals surface area contributed by atoms with E-state index in [1.54, 1.807) is 13.2 Å². The predicted molar refractivity (Wildman–Crippen MR) is 87.3 cm³/mol. The maximum atomic E-state index is 14.4. The molecule has 0 unspecified atom stereocenters. The Morgan fingerprint density at radius 2 is 1.92 bits per heavy atom. The molecule has 6 heteroatoms. The van der Waals surface area contributed by atoms with Crippen LogP contribution in [0, 0.1) is 5.41 Å². The fourth-order valence-electron chi connectivity index (χ4n) is 3.48. The smallest absolute Gasteiger partial charge is 0.353 e. The molecule has 24 heavy (non-hydrogen) atoms. The number of hydrogen-bond donors (Lipinski definition) is 1. The third-order valence-corrected chi connectivity index (χ3v) is 4.79. The van der Waals surface area contributed by atoms with Gasteiger partial charge in [0, 0.05) is 13.7 Å². The number of nitrogens with one attached hydrogen (secondary N) is 1. The molecule has 1 saturated carbocycles. The summed E-state index contributed by atoms with van der Waals surface area (Å²) >= 11 is 0.